The van der Waals surface area contributed by atoms with Gasteiger partial charge in [0.05, 0.1) is 0 Å². The molecule has 1 aromatic heterocycles. The second-order valence-corrected chi connectivity index (χ2v) is 7.30. The van der Waals surface area contributed by atoms with Crippen molar-refractivity contribution in [3.63, 3.8) is 0 Å². The molecule has 1 aromatic rings. The Labute approximate surface area is 149 Å². The van der Waals surface area contributed by atoms with E-state index in [1.807, 2.05) is 47.2 Å². The third kappa shape index (κ3) is 4.27. The molecule has 0 bridgehead atoms. The topological polar surface area (TPSA) is 53.5 Å². The van der Waals surface area contributed by atoms with Crippen LogP contribution in [0, 0.1) is 5.41 Å². The molecule has 25 heavy (non-hydrogen) atoms. The van der Waals surface area contributed by atoms with Crippen LogP contribution >= 0.6 is 0 Å². The van der Waals surface area contributed by atoms with E-state index < -0.39 is 0 Å². The van der Waals surface area contributed by atoms with Crippen molar-refractivity contribution in [3.8, 4) is 0 Å². The van der Waals surface area contributed by atoms with Crippen LogP contribution in [-0.2, 0) is 16.1 Å². The van der Waals surface area contributed by atoms with Gasteiger partial charge in [0, 0.05) is 56.8 Å². The summed E-state index contributed by atoms with van der Waals surface area (Å²) in [5.41, 5.74) is 1.12. The first-order valence-electron chi connectivity index (χ1n) is 9.17. The summed E-state index contributed by atoms with van der Waals surface area (Å²) >= 11 is 0. The fourth-order valence-electron chi connectivity index (χ4n) is 4.06. The van der Waals surface area contributed by atoms with Crippen LogP contribution in [0.3, 0.4) is 0 Å². The predicted octanol–water partition coefficient (Wildman–Crippen LogP) is 2.78. The minimum atomic E-state index is 0.0555. The lowest BCUT2D eigenvalue weighted by Crippen LogP contribution is -2.54. The quantitative estimate of drug-likeness (QED) is 0.791. The number of nitrogens with zero attached hydrogens (tertiary/aromatic N) is 3. The molecule has 1 spiro atoms. The Morgan fingerprint density at radius 2 is 2.24 bits per heavy atom. The van der Waals surface area contributed by atoms with E-state index in [2.05, 4.69) is 4.98 Å². The molecule has 2 aliphatic heterocycles. The molecule has 5 nitrogen and oxygen atoms in total. The van der Waals surface area contributed by atoms with Gasteiger partial charge in [-0.25, -0.2) is 0 Å². The summed E-state index contributed by atoms with van der Waals surface area (Å²) in [6.07, 6.45) is 11.5. The molecule has 2 fully saturated rings. The number of pyridine rings is 1. The van der Waals surface area contributed by atoms with Gasteiger partial charge in [0.1, 0.15) is 0 Å². The van der Waals surface area contributed by atoms with Crippen molar-refractivity contribution in [1.29, 1.82) is 0 Å². The van der Waals surface area contributed by atoms with Crippen LogP contribution in [0.25, 0.3) is 0 Å². The third-order valence-corrected chi connectivity index (χ3v) is 5.39. The van der Waals surface area contributed by atoms with Crippen LogP contribution in [0.15, 0.2) is 36.7 Å². The zero-order chi connectivity index (χ0) is 17.7. The Morgan fingerprint density at radius 1 is 1.36 bits per heavy atom. The molecule has 0 unspecified atom stereocenters. The number of likely N-dealkylation sites (tertiary alicyclic amines) is 2. The molecule has 2 saturated heterocycles. The number of allylic oxidation sites excluding steroid dienone is 1. The molecular weight excluding hydrogens is 314 g/mol. The van der Waals surface area contributed by atoms with Crippen LogP contribution in [0.2, 0.25) is 0 Å². The first kappa shape index (κ1) is 17.6. The summed E-state index contributed by atoms with van der Waals surface area (Å²) in [6, 6.07) is 3.91. The lowest BCUT2D eigenvalue weighted by atomic mass is 9.73. The maximum absolute atomic E-state index is 12.4. The third-order valence-electron chi connectivity index (χ3n) is 5.39. The van der Waals surface area contributed by atoms with Crippen molar-refractivity contribution in [2.75, 3.05) is 19.6 Å². The number of carbonyl (C=O) groups excluding carboxylic acids is 2. The van der Waals surface area contributed by atoms with E-state index >= 15 is 0 Å². The summed E-state index contributed by atoms with van der Waals surface area (Å²) in [4.78, 5) is 32.9. The van der Waals surface area contributed by atoms with Crippen LogP contribution in [0.4, 0.5) is 0 Å². The summed E-state index contributed by atoms with van der Waals surface area (Å²) in [7, 11) is 0. The highest BCUT2D eigenvalue weighted by Crippen LogP contribution is 2.39. The molecule has 3 rings (SSSR count). The monoisotopic (exact) mass is 341 g/mol. The van der Waals surface area contributed by atoms with Crippen molar-refractivity contribution in [3.05, 3.63) is 42.2 Å². The number of carbonyl (C=O) groups is 2. The Hall–Kier alpha value is -2.17. The standard InChI is InChI=1S/C20H27N3O2/c1-2-3-7-18(24)22-12-5-9-20(15-22)10-8-19(25)23(16-20)14-17-6-4-11-21-13-17/h2-4,6,11,13H,5,7-10,12,14-16H2,1H3/b3-2+/t20-/m0/s1. The highest BCUT2D eigenvalue weighted by Gasteiger charge is 2.42. The fraction of sp³-hybridized carbons (Fsp3) is 0.550. The van der Waals surface area contributed by atoms with Gasteiger partial charge in [-0.05, 0) is 37.8 Å². The molecule has 2 aliphatic rings. The normalized spacial score (nSPS) is 24.3. The zero-order valence-corrected chi connectivity index (χ0v) is 15.0. The molecule has 0 aliphatic carbocycles. The summed E-state index contributed by atoms with van der Waals surface area (Å²) in [5, 5.41) is 0. The zero-order valence-electron chi connectivity index (χ0n) is 15.0. The van der Waals surface area contributed by atoms with Crippen molar-refractivity contribution in [2.24, 2.45) is 5.41 Å². The average Bonchev–Trinajstić information content (AvgIpc) is 2.64. The first-order chi connectivity index (χ1) is 12.1. The van der Waals surface area contributed by atoms with Gasteiger partial charge in [0.15, 0.2) is 0 Å². The van der Waals surface area contributed by atoms with Crippen LogP contribution in [-0.4, -0.2) is 46.2 Å². The van der Waals surface area contributed by atoms with Gasteiger partial charge < -0.3 is 9.80 Å². The van der Waals surface area contributed by atoms with Gasteiger partial charge in [0.25, 0.3) is 0 Å². The number of piperidine rings is 2. The van der Waals surface area contributed by atoms with Crippen molar-refractivity contribution >= 4 is 11.8 Å². The lowest BCUT2D eigenvalue weighted by Gasteiger charge is -2.48. The van der Waals surface area contributed by atoms with E-state index in [9.17, 15) is 9.59 Å². The highest BCUT2D eigenvalue weighted by atomic mass is 16.2. The Kier molecular flexibility index (Phi) is 5.51. The number of hydrogen-bond acceptors (Lipinski definition) is 3. The van der Waals surface area contributed by atoms with Gasteiger partial charge >= 0.3 is 0 Å². The number of hydrogen-bond donors (Lipinski definition) is 0. The Bertz CT molecular complexity index is 644. The van der Waals surface area contributed by atoms with Gasteiger partial charge in [-0.1, -0.05) is 18.2 Å². The summed E-state index contributed by atoms with van der Waals surface area (Å²) < 4.78 is 0. The van der Waals surface area contributed by atoms with Crippen molar-refractivity contribution in [2.45, 2.75) is 45.6 Å². The molecule has 5 heteroatoms. The maximum atomic E-state index is 12.4. The van der Waals surface area contributed by atoms with Gasteiger partial charge in [-0.3, -0.25) is 14.6 Å². The molecule has 134 valence electrons. The molecule has 1 atom stereocenters. The largest absolute Gasteiger partial charge is 0.342 e. The molecule has 0 radical (unpaired) electrons. The second kappa shape index (κ2) is 7.81. The number of aromatic nitrogens is 1. The molecule has 2 amide bonds. The van der Waals surface area contributed by atoms with Gasteiger partial charge in [-0.2, -0.15) is 0 Å². The Morgan fingerprint density at radius 3 is 3.00 bits per heavy atom. The van der Waals surface area contributed by atoms with Crippen LogP contribution < -0.4 is 0 Å². The molecule has 0 saturated carbocycles. The predicted molar refractivity (Wildman–Crippen MR) is 96.6 cm³/mol. The van der Waals surface area contributed by atoms with Crippen LogP contribution in [0.1, 0.15) is 44.6 Å². The Balaban J connectivity index is 1.68. The highest BCUT2D eigenvalue weighted by molar-refractivity contribution is 5.78. The van der Waals surface area contributed by atoms with Gasteiger partial charge in [0.2, 0.25) is 11.8 Å². The minimum absolute atomic E-state index is 0.0555. The molecule has 3 heterocycles. The SMILES string of the molecule is C/C=C/CC(=O)N1CCC[C@]2(CCC(=O)N(Cc3cccnc3)C2)C1. The van der Waals surface area contributed by atoms with Gasteiger partial charge in [-0.15, -0.1) is 0 Å². The fourth-order valence-corrected chi connectivity index (χ4v) is 4.06. The van der Waals surface area contributed by atoms with E-state index in [1.165, 1.54) is 0 Å². The smallest absolute Gasteiger partial charge is 0.226 e. The first-order valence-corrected chi connectivity index (χ1v) is 9.17. The van der Waals surface area contributed by atoms with Crippen LogP contribution in [0.5, 0.6) is 0 Å². The second-order valence-electron chi connectivity index (χ2n) is 7.30. The number of rotatable bonds is 4. The van der Waals surface area contributed by atoms with E-state index in [0.717, 1.165) is 44.5 Å². The van der Waals surface area contributed by atoms with E-state index in [1.54, 1.807) is 6.20 Å². The van der Waals surface area contributed by atoms with E-state index in [4.69, 9.17) is 0 Å². The van der Waals surface area contributed by atoms with E-state index in [0.29, 0.717) is 19.4 Å². The number of amides is 2. The maximum Gasteiger partial charge on any atom is 0.226 e. The molecular formula is C20H27N3O2. The van der Waals surface area contributed by atoms with Crippen molar-refractivity contribution in [1.82, 2.24) is 14.8 Å². The minimum Gasteiger partial charge on any atom is -0.342 e. The molecule has 0 N–H and O–H groups in total. The molecule has 0 aromatic carbocycles. The lowest BCUT2D eigenvalue weighted by molar-refractivity contribution is -0.143. The van der Waals surface area contributed by atoms with E-state index in [-0.39, 0.29) is 17.2 Å². The summed E-state index contributed by atoms with van der Waals surface area (Å²) in [6.45, 7) is 4.91. The average molecular weight is 341 g/mol. The van der Waals surface area contributed by atoms with Crippen molar-refractivity contribution < 1.29 is 9.59 Å². The summed E-state index contributed by atoms with van der Waals surface area (Å²) in [5.74, 6) is 0.416.